The fourth-order valence-electron chi connectivity index (χ4n) is 2.26. The Morgan fingerprint density at radius 1 is 1.15 bits per heavy atom. The van der Waals surface area contributed by atoms with Gasteiger partial charge in [0.2, 0.25) is 11.8 Å². The normalized spacial score (nSPS) is 12.1. The Hall–Kier alpha value is -2.74. The van der Waals surface area contributed by atoms with Crippen LogP contribution in [-0.4, -0.2) is 31.3 Å². The highest BCUT2D eigenvalue weighted by atomic mass is 32.2. The minimum absolute atomic E-state index is 0.0741. The van der Waals surface area contributed by atoms with E-state index in [1.54, 1.807) is 30.9 Å². The number of hydrogen-bond acceptors (Lipinski definition) is 7. The fourth-order valence-corrected chi connectivity index (χ4v) is 3.15. The van der Waals surface area contributed by atoms with Gasteiger partial charge in [-0.25, -0.2) is 0 Å². The molecular formula is C18H19N5O2S. The van der Waals surface area contributed by atoms with Crippen LogP contribution in [0.2, 0.25) is 0 Å². The molecule has 3 rings (SSSR count). The van der Waals surface area contributed by atoms with Gasteiger partial charge < -0.3 is 9.73 Å². The van der Waals surface area contributed by atoms with Crippen LogP contribution in [0.3, 0.4) is 0 Å². The molecule has 1 N–H and O–H groups in total. The summed E-state index contributed by atoms with van der Waals surface area (Å²) in [5.41, 5.74) is 1.69. The van der Waals surface area contributed by atoms with Crippen LogP contribution in [0.15, 0.2) is 58.7 Å². The molecule has 26 heavy (non-hydrogen) atoms. The highest BCUT2D eigenvalue weighted by molar-refractivity contribution is 8.00. The first-order chi connectivity index (χ1) is 12.6. The van der Waals surface area contributed by atoms with Crippen LogP contribution in [0.4, 0.5) is 0 Å². The minimum Gasteiger partial charge on any atom is -0.411 e. The van der Waals surface area contributed by atoms with Crippen LogP contribution in [-0.2, 0) is 11.3 Å². The third kappa shape index (κ3) is 4.66. The van der Waals surface area contributed by atoms with Crippen molar-refractivity contribution in [2.24, 2.45) is 5.92 Å². The summed E-state index contributed by atoms with van der Waals surface area (Å²) in [5, 5.41) is 11.0. The summed E-state index contributed by atoms with van der Waals surface area (Å²) < 4.78 is 5.67. The number of amides is 1. The van der Waals surface area contributed by atoms with Crippen molar-refractivity contribution >= 4 is 17.7 Å². The number of nitrogens with one attached hydrogen (secondary N) is 1. The van der Waals surface area contributed by atoms with Gasteiger partial charge in [0.1, 0.15) is 0 Å². The minimum atomic E-state index is -0.339. The molecule has 1 amide bonds. The molecule has 0 aliphatic carbocycles. The zero-order chi connectivity index (χ0) is 18.4. The van der Waals surface area contributed by atoms with Gasteiger partial charge in [-0.05, 0) is 29.7 Å². The lowest BCUT2D eigenvalue weighted by Gasteiger charge is -2.17. The molecule has 0 aliphatic rings. The Balaban J connectivity index is 1.65. The topological polar surface area (TPSA) is 93.8 Å². The molecule has 0 spiro atoms. The molecule has 3 aromatic rings. The van der Waals surface area contributed by atoms with Crippen molar-refractivity contribution in [1.82, 2.24) is 25.5 Å². The third-order valence-corrected chi connectivity index (χ3v) is 4.98. The van der Waals surface area contributed by atoms with E-state index < -0.39 is 0 Å². The lowest BCUT2D eigenvalue weighted by molar-refractivity contribution is -0.121. The van der Waals surface area contributed by atoms with Crippen molar-refractivity contribution in [1.29, 1.82) is 0 Å². The van der Waals surface area contributed by atoms with E-state index in [1.165, 1.54) is 11.8 Å². The first-order valence-corrected chi connectivity index (χ1v) is 9.08. The summed E-state index contributed by atoms with van der Waals surface area (Å²) in [4.78, 5) is 20.7. The van der Waals surface area contributed by atoms with E-state index in [1.807, 2.05) is 32.0 Å². The van der Waals surface area contributed by atoms with E-state index in [4.69, 9.17) is 4.42 Å². The molecule has 0 saturated heterocycles. The van der Waals surface area contributed by atoms with Gasteiger partial charge in [-0.1, -0.05) is 31.7 Å². The van der Waals surface area contributed by atoms with Crippen LogP contribution in [0.5, 0.6) is 0 Å². The Morgan fingerprint density at radius 3 is 2.58 bits per heavy atom. The molecule has 0 aromatic carbocycles. The summed E-state index contributed by atoms with van der Waals surface area (Å²) in [6.45, 7) is 4.40. The van der Waals surface area contributed by atoms with Gasteiger partial charge in [-0.15, -0.1) is 10.2 Å². The van der Waals surface area contributed by atoms with Gasteiger partial charge in [-0.2, -0.15) is 0 Å². The number of carbonyl (C=O) groups excluding carboxylic acids is 1. The van der Waals surface area contributed by atoms with Gasteiger partial charge in [0.25, 0.3) is 5.22 Å². The van der Waals surface area contributed by atoms with Crippen LogP contribution in [0, 0.1) is 5.92 Å². The molecule has 0 radical (unpaired) electrons. The Morgan fingerprint density at radius 2 is 1.92 bits per heavy atom. The quantitative estimate of drug-likeness (QED) is 0.640. The average Bonchev–Trinajstić information content (AvgIpc) is 3.14. The van der Waals surface area contributed by atoms with Crippen molar-refractivity contribution in [2.45, 2.75) is 30.9 Å². The molecule has 0 aliphatic heterocycles. The summed E-state index contributed by atoms with van der Waals surface area (Å²) >= 11 is 1.27. The summed E-state index contributed by atoms with van der Waals surface area (Å²) in [5.74, 6) is 0.413. The average molecular weight is 369 g/mol. The van der Waals surface area contributed by atoms with Gasteiger partial charge in [-0.3, -0.25) is 14.8 Å². The van der Waals surface area contributed by atoms with Crippen molar-refractivity contribution in [2.75, 3.05) is 0 Å². The van der Waals surface area contributed by atoms with Gasteiger partial charge in [0, 0.05) is 31.3 Å². The van der Waals surface area contributed by atoms with Crippen LogP contribution in [0.25, 0.3) is 11.5 Å². The monoisotopic (exact) mass is 369 g/mol. The van der Waals surface area contributed by atoms with E-state index in [-0.39, 0.29) is 17.1 Å². The van der Waals surface area contributed by atoms with Crippen molar-refractivity contribution in [3.63, 3.8) is 0 Å². The van der Waals surface area contributed by atoms with Crippen molar-refractivity contribution in [3.8, 4) is 11.5 Å². The molecule has 3 aromatic heterocycles. The third-order valence-electron chi connectivity index (χ3n) is 3.60. The van der Waals surface area contributed by atoms with E-state index >= 15 is 0 Å². The zero-order valence-corrected chi connectivity index (χ0v) is 15.3. The molecule has 8 heteroatoms. The highest BCUT2D eigenvalue weighted by Gasteiger charge is 2.26. The molecule has 0 fully saturated rings. The van der Waals surface area contributed by atoms with Gasteiger partial charge in [0.05, 0.1) is 10.8 Å². The standard InChI is InChI=1S/C18H19N5O2S/c1-12(2)15(16(24)21-10-13-5-3-7-19-9-13)26-18-23-22-17(25-18)14-6-4-8-20-11-14/h3-9,11-12,15H,10H2,1-2H3,(H,21,24)/t15-/m0/s1. The second-order valence-electron chi connectivity index (χ2n) is 5.98. The molecule has 1 atom stereocenters. The van der Waals surface area contributed by atoms with E-state index in [0.29, 0.717) is 17.7 Å². The van der Waals surface area contributed by atoms with Crippen LogP contribution >= 0.6 is 11.8 Å². The number of nitrogens with zero attached hydrogens (tertiary/aromatic N) is 4. The molecule has 0 bridgehead atoms. The Labute approximate surface area is 155 Å². The van der Waals surface area contributed by atoms with E-state index in [0.717, 1.165) is 11.1 Å². The van der Waals surface area contributed by atoms with Crippen molar-refractivity contribution < 1.29 is 9.21 Å². The lowest BCUT2D eigenvalue weighted by atomic mass is 10.1. The second kappa shape index (κ2) is 8.57. The van der Waals surface area contributed by atoms with Gasteiger partial charge in [0.15, 0.2) is 0 Å². The fraction of sp³-hybridized carbons (Fsp3) is 0.278. The van der Waals surface area contributed by atoms with Gasteiger partial charge >= 0.3 is 0 Å². The SMILES string of the molecule is CC(C)[C@H](Sc1nnc(-c2cccnc2)o1)C(=O)NCc1cccnc1. The van der Waals surface area contributed by atoms with Crippen molar-refractivity contribution in [3.05, 3.63) is 54.6 Å². The first-order valence-electron chi connectivity index (χ1n) is 8.20. The predicted molar refractivity (Wildman–Crippen MR) is 98.1 cm³/mol. The summed E-state index contributed by atoms with van der Waals surface area (Å²) in [6.07, 6.45) is 6.77. The molecule has 3 heterocycles. The molecule has 0 saturated carbocycles. The summed E-state index contributed by atoms with van der Waals surface area (Å²) in [7, 11) is 0. The van der Waals surface area contributed by atoms with Crippen LogP contribution in [0.1, 0.15) is 19.4 Å². The largest absolute Gasteiger partial charge is 0.411 e. The summed E-state index contributed by atoms with van der Waals surface area (Å²) in [6, 6.07) is 7.40. The molecule has 0 unspecified atom stereocenters. The van der Waals surface area contributed by atoms with E-state index in [2.05, 4.69) is 25.5 Å². The number of rotatable bonds is 7. The Kier molecular flexibility index (Phi) is 5.96. The maximum Gasteiger partial charge on any atom is 0.277 e. The highest BCUT2D eigenvalue weighted by Crippen LogP contribution is 2.29. The zero-order valence-electron chi connectivity index (χ0n) is 14.5. The smallest absolute Gasteiger partial charge is 0.277 e. The predicted octanol–water partition coefficient (Wildman–Crippen LogP) is 2.96. The lowest BCUT2D eigenvalue weighted by Crippen LogP contribution is -2.35. The molecule has 7 nitrogen and oxygen atoms in total. The van der Waals surface area contributed by atoms with E-state index in [9.17, 15) is 4.79 Å². The maximum absolute atomic E-state index is 12.6. The molecule has 134 valence electrons. The first kappa shape index (κ1) is 18.1. The Bertz CT molecular complexity index is 839. The number of thioether (sulfide) groups is 1. The number of aromatic nitrogens is 4. The second-order valence-corrected chi connectivity index (χ2v) is 7.07. The maximum atomic E-state index is 12.6. The number of pyridine rings is 2. The van der Waals surface area contributed by atoms with Crippen LogP contribution < -0.4 is 5.32 Å². The molecular weight excluding hydrogens is 350 g/mol. The number of hydrogen-bond donors (Lipinski definition) is 1. The number of carbonyl (C=O) groups is 1.